The number of hydrogen-bond donors (Lipinski definition) is 1. The summed E-state index contributed by atoms with van der Waals surface area (Å²) >= 11 is 1.48. The Morgan fingerprint density at radius 2 is 1.97 bits per heavy atom. The molecule has 0 saturated carbocycles. The van der Waals surface area contributed by atoms with Crippen LogP contribution in [0.15, 0.2) is 41.3 Å². The highest BCUT2D eigenvalue weighted by Gasteiger charge is 2.46. The van der Waals surface area contributed by atoms with Crippen LogP contribution in [0.2, 0.25) is 0 Å². The maximum absolute atomic E-state index is 13.2. The number of thiophene rings is 1. The fraction of sp³-hybridized carbons (Fsp3) is 0.481. The second-order valence-corrected chi connectivity index (χ2v) is 10.5. The van der Waals surface area contributed by atoms with Crippen molar-refractivity contribution in [1.82, 2.24) is 9.80 Å². The molecular weight excluding hydrogens is 464 g/mol. The van der Waals surface area contributed by atoms with Crippen LogP contribution in [0.4, 0.5) is 0 Å². The lowest BCUT2D eigenvalue weighted by molar-refractivity contribution is -0.140. The maximum Gasteiger partial charge on any atom is 0.295 e. The number of morpholine rings is 1. The van der Waals surface area contributed by atoms with E-state index in [0.29, 0.717) is 24.6 Å². The normalized spacial score (nSPS) is 20.7. The quantitative estimate of drug-likeness (QED) is 0.317. The molecule has 8 heteroatoms. The van der Waals surface area contributed by atoms with Gasteiger partial charge in [-0.25, -0.2) is 0 Å². The Kier molecular flexibility index (Phi) is 8.26. The van der Waals surface area contributed by atoms with Gasteiger partial charge in [0.1, 0.15) is 11.5 Å². The van der Waals surface area contributed by atoms with Crippen LogP contribution in [0.25, 0.3) is 5.76 Å². The van der Waals surface area contributed by atoms with Crippen LogP contribution >= 0.6 is 11.3 Å². The van der Waals surface area contributed by atoms with Crippen molar-refractivity contribution in [2.45, 2.75) is 33.2 Å². The highest BCUT2D eigenvalue weighted by atomic mass is 32.1. The molecule has 1 aromatic carbocycles. The van der Waals surface area contributed by atoms with Crippen molar-refractivity contribution in [2.24, 2.45) is 5.92 Å². The Bertz CT molecular complexity index is 1070. The van der Waals surface area contributed by atoms with E-state index in [1.54, 1.807) is 11.0 Å². The molecule has 2 aliphatic rings. The van der Waals surface area contributed by atoms with Gasteiger partial charge in [0.2, 0.25) is 0 Å². The molecule has 2 aromatic rings. The lowest BCUT2D eigenvalue weighted by atomic mass is 9.98. The number of rotatable bonds is 9. The van der Waals surface area contributed by atoms with Gasteiger partial charge in [-0.1, -0.05) is 19.9 Å². The molecule has 2 fully saturated rings. The van der Waals surface area contributed by atoms with Gasteiger partial charge in [0, 0.05) is 36.6 Å². The van der Waals surface area contributed by atoms with E-state index >= 15 is 0 Å². The zero-order chi connectivity index (χ0) is 24.9. The highest BCUT2D eigenvalue weighted by Crippen LogP contribution is 2.41. The molecule has 0 spiro atoms. The van der Waals surface area contributed by atoms with Crippen molar-refractivity contribution in [2.75, 3.05) is 46.0 Å². The van der Waals surface area contributed by atoms with E-state index in [4.69, 9.17) is 9.47 Å². The van der Waals surface area contributed by atoms with Gasteiger partial charge in [-0.05, 0) is 54.5 Å². The number of aliphatic hydroxyl groups excluding tert-OH is 1. The molecule has 1 atom stereocenters. The summed E-state index contributed by atoms with van der Waals surface area (Å²) in [6, 6.07) is 8.59. The van der Waals surface area contributed by atoms with Crippen molar-refractivity contribution in [3.63, 3.8) is 0 Å². The van der Waals surface area contributed by atoms with Gasteiger partial charge in [-0.3, -0.25) is 14.5 Å². The van der Waals surface area contributed by atoms with E-state index in [9.17, 15) is 14.7 Å². The third kappa shape index (κ3) is 5.77. The van der Waals surface area contributed by atoms with Gasteiger partial charge in [0.15, 0.2) is 0 Å². The number of amides is 1. The number of ether oxygens (including phenoxy) is 2. The number of aryl methyl sites for hydroxylation is 1. The van der Waals surface area contributed by atoms with E-state index < -0.39 is 17.7 Å². The zero-order valence-electron chi connectivity index (χ0n) is 20.7. The van der Waals surface area contributed by atoms with Crippen molar-refractivity contribution in [1.29, 1.82) is 0 Å². The molecule has 0 bridgehead atoms. The number of aliphatic hydroxyl groups is 1. The molecule has 7 nitrogen and oxygen atoms in total. The third-order valence-electron chi connectivity index (χ3n) is 6.35. The Balaban J connectivity index is 1.60. The number of benzene rings is 1. The van der Waals surface area contributed by atoms with Crippen molar-refractivity contribution in [3.05, 3.63) is 57.3 Å². The Labute approximate surface area is 210 Å². The zero-order valence-corrected chi connectivity index (χ0v) is 21.5. The standard InChI is InChI=1S/C27H34N2O5S/c1-18(2)17-34-21-8-7-20(16-19(21)3)25(30)23-24(22-6-4-15-35-22)29(27(32)26(23)31)10-5-9-28-11-13-33-14-12-28/h4,6-8,15-16,18,24,30H,5,9-14,17H2,1-3H3/b25-23+. The van der Waals surface area contributed by atoms with E-state index in [1.807, 2.05) is 36.6 Å². The van der Waals surface area contributed by atoms with E-state index in [0.717, 1.165) is 55.5 Å². The number of likely N-dealkylation sites (tertiary alicyclic amines) is 1. The van der Waals surface area contributed by atoms with Crippen LogP contribution in [-0.2, 0) is 14.3 Å². The average molecular weight is 499 g/mol. The van der Waals surface area contributed by atoms with Gasteiger partial charge >= 0.3 is 0 Å². The van der Waals surface area contributed by atoms with Crippen LogP contribution in [0, 0.1) is 12.8 Å². The second kappa shape index (κ2) is 11.4. The molecule has 1 unspecified atom stereocenters. The number of carbonyl (C=O) groups is 2. The lowest BCUT2D eigenvalue weighted by Gasteiger charge is -2.28. The maximum atomic E-state index is 13.2. The summed E-state index contributed by atoms with van der Waals surface area (Å²) in [5.41, 5.74) is 1.52. The molecule has 35 heavy (non-hydrogen) atoms. The monoisotopic (exact) mass is 498 g/mol. The number of ketones is 1. The first-order chi connectivity index (χ1) is 16.9. The van der Waals surface area contributed by atoms with Crippen molar-refractivity contribution < 1.29 is 24.2 Å². The first kappa shape index (κ1) is 25.4. The molecule has 3 heterocycles. The summed E-state index contributed by atoms with van der Waals surface area (Å²) in [7, 11) is 0. The molecule has 1 aromatic heterocycles. The molecule has 2 saturated heterocycles. The lowest BCUT2D eigenvalue weighted by Crippen LogP contribution is -2.38. The minimum Gasteiger partial charge on any atom is -0.507 e. The summed E-state index contributed by atoms with van der Waals surface area (Å²) in [5.74, 6) is -0.192. The van der Waals surface area contributed by atoms with Gasteiger partial charge in [0.25, 0.3) is 11.7 Å². The Hall–Kier alpha value is -2.68. The molecule has 0 radical (unpaired) electrons. The molecule has 2 aliphatic heterocycles. The summed E-state index contributed by atoms with van der Waals surface area (Å²) in [6.45, 7) is 11.2. The van der Waals surface area contributed by atoms with E-state index in [1.165, 1.54) is 11.3 Å². The Morgan fingerprint density at radius 3 is 2.63 bits per heavy atom. The number of carbonyl (C=O) groups excluding carboxylic acids is 2. The number of Topliss-reactive ketones (excluding diaryl/α,β-unsaturated/α-hetero) is 1. The van der Waals surface area contributed by atoms with Gasteiger partial charge in [-0.2, -0.15) is 0 Å². The number of nitrogens with zero attached hydrogens (tertiary/aromatic N) is 2. The van der Waals surface area contributed by atoms with Gasteiger partial charge in [0.05, 0.1) is 31.4 Å². The molecule has 1 amide bonds. The SMILES string of the molecule is Cc1cc(/C(O)=C2\C(=O)C(=O)N(CCCN3CCOCC3)C2c2cccs2)ccc1OCC(C)C. The van der Waals surface area contributed by atoms with Crippen LogP contribution < -0.4 is 4.74 Å². The second-order valence-electron chi connectivity index (χ2n) is 9.50. The van der Waals surface area contributed by atoms with Crippen molar-refractivity contribution in [3.8, 4) is 5.75 Å². The fourth-order valence-corrected chi connectivity index (χ4v) is 5.36. The minimum atomic E-state index is -0.634. The summed E-state index contributed by atoms with van der Waals surface area (Å²) in [5, 5.41) is 13.2. The first-order valence-corrected chi connectivity index (χ1v) is 13.1. The van der Waals surface area contributed by atoms with E-state index in [2.05, 4.69) is 18.7 Å². The molecule has 0 aliphatic carbocycles. The molecule has 1 N–H and O–H groups in total. The highest BCUT2D eigenvalue weighted by molar-refractivity contribution is 7.10. The third-order valence-corrected chi connectivity index (χ3v) is 7.27. The largest absolute Gasteiger partial charge is 0.507 e. The van der Waals surface area contributed by atoms with E-state index in [-0.39, 0.29) is 11.3 Å². The summed E-state index contributed by atoms with van der Waals surface area (Å²) in [6.07, 6.45) is 0.746. The Morgan fingerprint density at radius 1 is 1.20 bits per heavy atom. The predicted octanol–water partition coefficient (Wildman–Crippen LogP) is 4.24. The summed E-state index contributed by atoms with van der Waals surface area (Å²) in [4.78, 5) is 31.1. The average Bonchev–Trinajstić information content (AvgIpc) is 3.46. The van der Waals surface area contributed by atoms with Crippen molar-refractivity contribution >= 4 is 28.8 Å². The van der Waals surface area contributed by atoms with Crippen LogP contribution in [0.1, 0.15) is 42.3 Å². The van der Waals surface area contributed by atoms with Crippen LogP contribution in [0.5, 0.6) is 5.75 Å². The van der Waals surface area contributed by atoms with Gasteiger partial charge in [-0.15, -0.1) is 11.3 Å². The minimum absolute atomic E-state index is 0.143. The van der Waals surface area contributed by atoms with Crippen LogP contribution in [-0.4, -0.2) is 72.6 Å². The first-order valence-electron chi connectivity index (χ1n) is 12.2. The molecular formula is C27H34N2O5S. The molecule has 4 rings (SSSR count). The van der Waals surface area contributed by atoms with Gasteiger partial charge < -0.3 is 19.5 Å². The fourth-order valence-electron chi connectivity index (χ4n) is 4.51. The topological polar surface area (TPSA) is 79.3 Å². The number of hydrogen-bond acceptors (Lipinski definition) is 7. The summed E-state index contributed by atoms with van der Waals surface area (Å²) < 4.78 is 11.3. The smallest absolute Gasteiger partial charge is 0.295 e. The predicted molar refractivity (Wildman–Crippen MR) is 137 cm³/mol. The van der Waals surface area contributed by atoms with Crippen LogP contribution in [0.3, 0.4) is 0 Å². The molecule has 188 valence electrons.